The molecule has 0 aliphatic carbocycles. The minimum absolute atomic E-state index is 0. The van der Waals surface area contributed by atoms with Crippen molar-refractivity contribution in [3.63, 3.8) is 0 Å². The first-order valence-electron chi connectivity index (χ1n) is 1.99. The summed E-state index contributed by atoms with van der Waals surface area (Å²) >= 11 is 0. The Labute approximate surface area is 76.9 Å². The van der Waals surface area contributed by atoms with E-state index in [0.717, 1.165) is 0 Å². The van der Waals surface area contributed by atoms with Gasteiger partial charge in [0.1, 0.15) is 0 Å². The summed E-state index contributed by atoms with van der Waals surface area (Å²) in [6.45, 7) is 0. The Morgan fingerprint density at radius 2 is 2.00 bits per heavy atom. The van der Waals surface area contributed by atoms with Gasteiger partial charge in [-0.25, -0.2) is 4.98 Å². The number of hydrogen-bond donors (Lipinski definition) is 1. The molecule has 1 aromatic rings. The third-order valence-electron chi connectivity index (χ3n) is 0.649. The third kappa shape index (κ3) is 4.59. The summed E-state index contributed by atoms with van der Waals surface area (Å²) in [6.07, 6.45) is 1.54. The maximum atomic E-state index is 8.52. The van der Waals surface area contributed by atoms with Crippen LogP contribution in [-0.4, -0.2) is 10.1 Å². The van der Waals surface area contributed by atoms with Gasteiger partial charge in [0.25, 0.3) is 0 Å². The summed E-state index contributed by atoms with van der Waals surface area (Å²) in [6, 6.07) is 5.00. The van der Waals surface area contributed by atoms with Crippen LogP contribution < -0.4 is 0 Å². The summed E-state index contributed by atoms with van der Waals surface area (Å²) in [5, 5.41) is 8.52. The van der Waals surface area contributed by atoms with Crippen molar-refractivity contribution in [2.24, 2.45) is 0 Å². The molecule has 0 aliphatic rings. The van der Waals surface area contributed by atoms with Crippen molar-refractivity contribution in [2.45, 2.75) is 0 Å². The van der Waals surface area contributed by atoms with Gasteiger partial charge in [0.2, 0.25) is 5.88 Å². The molecule has 0 unspecified atom stereocenters. The molecule has 0 fully saturated rings. The molecule has 1 rings (SSSR count). The van der Waals surface area contributed by atoms with Crippen molar-refractivity contribution < 1.29 is 41.7 Å². The van der Waals surface area contributed by atoms with E-state index in [9.17, 15) is 0 Å². The standard InChI is InChI=1S/C5H5NO.Cu.Zn/c7-5-3-1-2-4-6-5;;/h1-4H,(H,6,7);;. The molecular weight excluding hydrogens is 219 g/mol. The second-order valence-corrected chi connectivity index (χ2v) is 1.19. The van der Waals surface area contributed by atoms with Crippen molar-refractivity contribution >= 4 is 0 Å². The van der Waals surface area contributed by atoms with E-state index < -0.39 is 0 Å². The fourth-order valence-corrected chi connectivity index (χ4v) is 0.354. The first kappa shape index (κ1) is 11.8. The first-order chi connectivity index (χ1) is 3.39. The van der Waals surface area contributed by atoms with Crippen LogP contribution in [0.2, 0.25) is 0 Å². The summed E-state index contributed by atoms with van der Waals surface area (Å²) in [5.41, 5.74) is 0. The van der Waals surface area contributed by atoms with E-state index in [0.29, 0.717) is 0 Å². The van der Waals surface area contributed by atoms with E-state index in [4.69, 9.17) is 5.11 Å². The predicted molar refractivity (Wildman–Crippen MR) is 25.9 cm³/mol. The van der Waals surface area contributed by atoms with Gasteiger partial charge in [-0.15, -0.1) is 0 Å². The molecule has 1 aromatic heterocycles. The van der Waals surface area contributed by atoms with Gasteiger partial charge >= 0.3 is 0 Å². The molecule has 49 valence electrons. The Hall–Kier alpha value is 0.0929. The Morgan fingerprint density at radius 3 is 2.22 bits per heavy atom. The van der Waals surface area contributed by atoms with Gasteiger partial charge in [0.15, 0.2) is 0 Å². The molecule has 0 spiro atoms. The van der Waals surface area contributed by atoms with Crippen LogP contribution in [0.4, 0.5) is 0 Å². The molecule has 0 aromatic carbocycles. The maximum Gasteiger partial charge on any atom is 0.210 e. The van der Waals surface area contributed by atoms with Crippen molar-refractivity contribution in [2.75, 3.05) is 0 Å². The zero-order valence-corrected chi connectivity index (χ0v) is 8.62. The summed E-state index contributed by atoms with van der Waals surface area (Å²) < 4.78 is 0. The van der Waals surface area contributed by atoms with Gasteiger partial charge in [-0.2, -0.15) is 0 Å². The van der Waals surface area contributed by atoms with Crippen LogP contribution >= 0.6 is 0 Å². The molecule has 0 bridgehead atoms. The minimum Gasteiger partial charge on any atom is -0.493 e. The topological polar surface area (TPSA) is 33.1 Å². The molecule has 0 atom stereocenters. The molecule has 0 saturated carbocycles. The van der Waals surface area contributed by atoms with Crippen LogP contribution in [0.3, 0.4) is 0 Å². The summed E-state index contributed by atoms with van der Waals surface area (Å²) in [5.74, 6) is 0.0718. The van der Waals surface area contributed by atoms with Crippen molar-refractivity contribution in [1.82, 2.24) is 4.98 Å². The van der Waals surface area contributed by atoms with Gasteiger partial charge in [-0.05, 0) is 6.07 Å². The fourth-order valence-electron chi connectivity index (χ4n) is 0.354. The van der Waals surface area contributed by atoms with Crippen LogP contribution in [0.25, 0.3) is 0 Å². The third-order valence-corrected chi connectivity index (χ3v) is 0.649. The van der Waals surface area contributed by atoms with E-state index in [-0.39, 0.29) is 42.4 Å². The average Bonchev–Trinajstić information content (AvgIpc) is 1.69. The number of aromatic hydroxyl groups is 1. The average molecular weight is 224 g/mol. The molecule has 2 nitrogen and oxygen atoms in total. The number of rotatable bonds is 0. The van der Waals surface area contributed by atoms with E-state index >= 15 is 0 Å². The Kier molecular flexibility index (Phi) is 8.18. The van der Waals surface area contributed by atoms with Crippen LogP contribution in [0, 0.1) is 0 Å². The second-order valence-electron chi connectivity index (χ2n) is 1.19. The Bertz CT molecular complexity index is 147. The number of nitrogens with zero attached hydrogens (tertiary/aromatic N) is 1. The molecule has 1 radical (unpaired) electrons. The van der Waals surface area contributed by atoms with Crippen molar-refractivity contribution in [3.05, 3.63) is 24.4 Å². The summed E-state index contributed by atoms with van der Waals surface area (Å²) in [4.78, 5) is 3.53. The Balaban J connectivity index is 0. The van der Waals surface area contributed by atoms with Crippen LogP contribution in [0.5, 0.6) is 5.88 Å². The van der Waals surface area contributed by atoms with E-state index in [1.807, 2.05) is 0 Å². The quantitative estimate of drug-likeness (QED) is 0.660. The molecule has 9 heavy (non-hydrogen) atoms. The van der Waals surface area contributed by atoms with Crippen LogP contribution in [0.1, 0.15) is 0 Å². The summed E-state index contributed by atoms with van der Waals surface area (Å²) in [7, 11) is 0. The van der Waals surface area contributed by atoms with Gasteiger partial charge in [0, 0.05) is 48.8 Å². The first-order valence-corrected chi connectivity index (χ1v) is 1.99. The second kappa shape index (κ2) is 6.22. The zero-order valence-electron chi connectivity index (χ0n) is 4.71. The molecule has 0 aliphatic heterocycles. The van der Waals surface area contributed by atoms with Crippen LogP contribution in [0.15, 0.2) is 24.4 Å². The molecule has 1 heterocycles. The van der Waals surface area contributed by atoms with Crippen LogP contribution in [-0.2, 0) is 36.5 Å². The number of hydrogen-bond acceptors (Lipinski definition) is 2. The van der Waals surface area contributed by atoms with Crippen molar-refractivity contribution in [1.29, 1.82) is 0 Å². The molecule has 4 heteroatoms. The number of pyridine rings is 1. The number of aromatic nitrogens is 1. The molecule has 0 amide bonds. The van der Waals surface area contributed by atoms with E-state index in [1.165, 1.54) is 12.3 Å². The predicted octanol–water partition coefficient (Wildman–Crippen LogP) is 0.782. The SMILES string of the molecule is Oc1ccccn1.[Cu].[Zn]. The minimum atomic E-state index is 0. The van der Waals surface area contributed by atoms with Gasteiger partial charge < -0.3 is 5.11 Å². The molecule has 0 saturated heterocycles. The normalized spacial score (nSPS) is 6.67. The van der Waals surface area contributed by atoms with Crippen molar-refractivity contribution in [3.8, 4) is 5.88 Å². The van der Waals surface area contributed by atoms with Gasteiger partial charge in [0.05, 0.1) is 0 Å². The molecule has 1 N–H and O–H groups in total. The maximum absolute atomic E-state index is 8.52. The monoisotopic (exact) mass is 222 g/mol. The van der Waals surface area contributed by atoms with E-state index in [1.54, 1.807) is 12.1 Å². The molecular formula is C5H5CuNOZn. The Morgan fingerprint density at radius 1 is 1.33 bits per heavy atom. The van der Waals surface area contributed by atoms with E-state index in [2.05, 4.69) is 4.98 Å². The smallest absolute Gasteiger partial charge is 0.210 e. The van der Waals surface area contributed by atoms with Gasteiger partial charge in [-0.3, -0.25) is 0 Å². The zero-order chi connectivity index (χ0) is 5.11. The largest absolute Gasteiger partial charge is 0.493 e. The van der Waals surface area contributed by atoms with Gasteiger partial charge in [-0.1, -0.05) is 6.07 Å². The fraction of sp³-hybridized carbons (Fsp3) is 0.